The van der Waals surface area contributed by atoms with E-state index in [4.69, 9.17) is 0 Å². The maximum absolute atomic E-state index is 3.53. The van der Waals surface area contributed by atoms with Gasteiger partial charge in [-0.25, -0.2) is 0 Å². The van der Waals surface area contributed by atoms with Crippen molar-refractivity contribution in [3.63, 3.8) is 0 Å². The second kappa shape index (κ2) is 4.45. The van der Waals surface area contributed by atoms with E-state index >= 15 is 0 Å². The summed E-state index contributed by atoms with van der Waals surface area (Å²) in [4.78, 5) is 0. The van der Waals surface area contributed by atoms with Gasteiger partial charge >= 0.3 is 0 Å². The van der Waals surface area contributed by atoms with Crippen LogP contribution in [0.3, 0.4) is 0 Å². The highest BCUT2D eigenvalue weighted by Gasteiger charge is 2.17. The average molecular weight is 254 g/mol. The van der Waals surface area contributed by atoms with Crippen LogP contribution in [-0.2, 0) is 12.8 Å². The Bertz CT molecular complexity index is 322. The van der Waals surface area contributed by atoms with Crippen molar-refractivity contribution < 1.29 is 0 Å². The van der Waals surface area contributed by atoms with Gasteiger partial charge in [0.25, 0.3) is 0 Å². The molecule has 1 aliphatic rings. The molecule has 0 amide bonds. The molecule has 76 valence electrons. The largest absolute Gasteiger partial charge is 0.319 e. The molecular weight excluding hydrogens is 238 g/mol. The highest BCUT2D eigenvalue weighted by Crippen LogP contribution is 2.27. The van der Waals surface area contributed by atoms with Crippen molar-refractivity contribution in [3.05, 3.63) is 33.8 Å². The van der Waals surface area contributed by atoms with Crippen LogP contribution in [0.1, 0.15) is 17.5 Å². The van der Waals surface area contributed by atoms with Gasteiger partial charge in [-0.05, 0) is 62.0 Å². The maximum Gasteiger partial charge on any atom is 0.0178 e. The number of hydrogen-bond acceptors (Lipinski definition) is 1. The number of fused-ring (bicyclic) bond motifs is 1. The predicted octanol–water partition coefficient (Wildman–Crippen LogP) is 2.77. The first-order valence-electron chi connectivity index (χ1n) is 5.21. The lowest BCUT2D eigenvalue weighted by molar-refractivity contribution is 0.440. The molecule has 1 atom stereocenters. The minimum Gasteiger partial charge on any atom is -0.319 e. The van der Waals surface area contributed by atoms with Crippen molar-refractivity contribution in [2.24, 2.45) is 5.92 Å². The van der Waals surface area contributed by atoms with Gasteiger partial charge in [0.2, 0.25) is 0 Å². The summed E-state index contributed by atoms with van der Waals surface area (Å²) in [5.41, 5.74) is 3.08. The van der Waals surface area contributed by atoms with Gasteiger partial charge in [-0.3, -0.25) is 0 Å². The second-order valence-electron chi connectivity index (χ2n) is 4.08. The summed E-state index contributed by atoms with van der Waals surface area (Å²) in [5, 5.41) is 3.27. The SMILES string of the molecule is CNCC1CCc2ccc(Br)cc2C1. The molecule has 1 aromatic rings. The van der Waals surface area contributed by atoms with E-state index < -0.39 is 0 Å². The third-order valence-electron chi connectivity index (χ3n) is 2.99. The second-order valence-corrected chi connectivity index (χ2v) is 5.00. The molecule has 0 aliphatic heterocycles. The van der Waals surface area contributed by atoms with Crippen LogP contribution in [0.2, 0.25) is 0 Å². The first kappa shape index (κ1) is 10.2. The summed E-state index contributed by atoms with van der Waals surface area (Å²) in [6, 6.07) is 6.68. The van der Waals surface area contributed by atoms with Crippen LogP contribution >= 0.6 is 15.9 Å². The zero-order valence-corrected chi connectivity index (χ0v) is 10.1. The van der Waals surface area contributed by atoms with Crippen LogP contribution in [0, 0.1) is 5.92 Å². The summed E-state index contributed by atoms with van der Waals surface area (Å²) < 4.78 is 1.21. The summed E-state index contributed by atoms with van der Waals surface area (Å²) in [6.45, 7) is 1.14. The lowest BCUT2D eigenvalue weighted by Gasteiger charge is -2.24. The van der Waals surface area contributed by atoms with Gasteiger partial charge in [0.15, 0.2) is 0 Å². The normalized spacial score (nSPS) is 20.6. The van der Waals surface area contributed by atoms with Crippen molar-refractivity contribution in [2.45, 2.75) is 19.3 Å². The standard InChI is InChI=1S/C12H16BrN/c1-14-8-9-2-3-10-4-5-12(13)7-11(10)6-9/h4-5,7,9,14H,2-3,6,8H2,1H3. The van der Waals surface area contributed by atoms with Gasteiger partial charge in [0.1, 0.15) is 0 Å². The molecule has 0 aromatic heterocycles. The van der Waals surface area contributed by atoms with Gasteiger partial charge < -0.3 is 5.32 Å². The zero-order chi connectivity index (χ0) is 9.97. The van der Waals surface area contributed by atoms with Gasteiger partial charge in [-0.2, -0.15) is 0 Å². The Balaban J connectivity index is 2.16. The fourth-order valence-electron chi connectivity index (χ4n) is 2.26. The van der Waals surface area contributed by atoms with E-state index in [2.05, 4.69) is 39.4 Å². The molecular formula is C12H16BrN. The van der Waals surface area contributed by atoms with Crippen molar-refractivity contribution >= 4 is 15.9 Å². The molecule has 14 heavy (non-hydrogen) atoms. The van der Waals surface area contributed by atoms with E-state index in [1.807, 2.05) is 7.05 Å². The van der Waals surface area contributed by atoms with Crippen LogP contribution in [-0.4, -0.2) is 13.6 Å². The topological polar surface area (TPSA) is 12.0 Å². The van der Waals surface area contributed by atoms with E-state index in [9.17, 15) is 0 Å². The molecule has 1 nitrogen and oxygen atoms in total. The zero-order valence-electron chi connectivity index (χ0n) is 8.52. The Morgan fingerprint density at radius 3 is 3.07 bits per heavy atom. The van der Waals surface area contributed by atoms with Gasteiger partial charge in [0, 0.05) is 4.47 Å². The van der Waals surface area contributed by atoms with Gasteiger partial charge in [-0.1, -0.05) is 22.0 Å². The molecule has 1 aromatic carbocycles. The van der Waals surface area contributed by atoms with Gasteiger partial charge in [-0.15, -0.1) is 0 Å². The van der Waals surface area contributed by atoms with Crippen molar-refractivity contribution in [1.29, 1.82) is 0 Å². The quantitative estimate of drug-likeness (QED) is 0.855. The third-order valence-corrected chi connectivity index (χ3v) is 3.48. The first-order valence-corrected chi connectivity index (χ1v) is 6.01. The molecule has 0 saturated carbocycles. The smallest absolute Gasteiger partial charge is 0.0178 e. The summed E-state index contributed by atoms with van der Waals surface area (Å²) >= 11 is 3.53. The monoisotopic (exact) mass is 253 g/mol. The predicted molar refractivity (Wildman–Crippen MR) is 63.6 cm³/mol. The molecule has 0 bridgehead atoms. The summed E-state index contributed by atoms with van der Waals surface area (Å²) in [5.74, 6) is 0.821. The Kier molecular flexibility index (Phi) is 3.24. The van der Waals surface area contributed by atoms with Crippen molar-refractivity contribution in [3.8, 4) is 0 Å². The average Bonchev–Trinajstić information content (AvgIpc) is 2.17. The fourth-order valence-corrected chi connectivity index (χ4v) is 2.67. The fraction of sp³-hybridized carbons (Fsp3) is 0.500. The molecule has 0 heterocycles. The van der Waals surface area contributed by atoms with Crippen LogP contribution in [0.5, 0.6) is 0 Å². The van der Waals surface area contributed by atoms with Crippen LogP contribution in [0.15, 0.2) is 22.7 Å². The van der Waals surface area contributed by atoms with E-state index in [0.717, 1.165) is 12.5 Å². The molecule has 1 aliphatic carbocycles. The minimum atomic E-state index is 0.821. The van der Waals surface area contributed by atoms with E-state index in [0.29, 0.717) is 0 Å². The molecule has 0 radical (unpaired) electrons. The van der Waals surface area contributed by atoms with Crippen LogP contribution < -0.4 is 5.32 Å². The van der Waals surface area contributed by atoms with Crippen molar-refractivity contribution in [2.75, 3.05) is 13.6 Å². The lowest BCUT2D eigenvalue weighted by Crippen LogP contribution is -2.24. The van der Waals surface area contributed by atoms with Crippen LogP contribution in [0.4, 0.5) is 0 Å². The Hall–Kier alpha value is -0.340. The molecule has 0 saturated heterocycles. The molecule has 0 spiro atoms. The highest BCUT2D eigenvalue weighted by molar-refractivity contribution is 9.10. The highest BCUT2D eigenvalue weighted by atomic mass is 79.9. The number of nitrogens with one attached hydrogen (secondary N) is 1. The number of halogens is 1. The molecule has 1 unspecified atom stereocenters. The maximum atomic E-state index is 3.53. The van der Waals surface area contributed by atoms with Gasteiger partial charge in [0.05, 0.1) is 0 Å². The van der Waals surface area contributed by atoms with Crippen molar-refractivity contribution in [1.82, 2.24) is 5.32 Å². The molecule has 0 fully saturated rings. The minimum absolute atomic E-state index is 0.821. The summed E-state index contributed by atoms with van der Waals surface area (Å²) in [7, 11) is 2.04. The molecule has 2 heteroatoms. The molecule has 1 N–H and O–H groups in total. The number of rotatable bonds is 2. The Labute approximate surface area is 94.0 Å². The number of aryl methyl sites for hydroxylation is 1. The molecule has 2 rings (SSSR count). The number of benzene rings is 1. The number of hydrogen-bond donors (Lipinski definition) is 1. The Morgan fingerprint density at radius 2 is 2.29 bits per heavy atom. The van der Waals surface area contributed by atoms with Crippen LogP contribution in [0.25, 0.3) is 0 Å². The van der Waals surface area contributed by atoms with E-state index in [1.54, 1.807) is 5.56 Å². The first-order chi connectivity index (χ1) is 6.79. The van der Waals surface area contributed by atoms with E-state index in [1.165, 1.54) is 29.3 Å². The third kappa shape index (κ3) is 2.18. The lowest BCUT2D eigenvalue weighted by atomic mass is 9.84. The van der Waals surface area contributed by atoms with E-state index in [-0.39, 0.29) is 0 Å². The Morgan fingerprint density at radius 1 is 1.43 bits per heavy atom. The summed E-state index contributed by atoms with van der Waals surface area (Å²) in [6.07, 6.45) is 3.81.